The van der Waals surface area contributed by atoms with Gasteiger partial charge in [0.1, 0.15) is 0 Å². The average Bonchev–Trinajstić information content (AvgIpc) is 3.31. The van der Waals surface area contributed by atoms with E-state index in [-0.39, 0.29) is 5.92 Å². The van der Waals surface area contributed by atoms with Crippen LogP contribution in [-0.4, -0.2) is 81.2 Å². The highest BCUT2D eigenvalue weighted by Crippen LogP contribution is 2.47. The molecule has 4 aliphatic heterocycles. The first-order chi connectivity index (χ1) is 12.1. The molecule has 0 aliphatic carbocycles. The van der Waals surface area contributed by atoms with Gasteiger partial charge in [-0.05, 0) is 31.4 Å². The summed E-state index contributed by atoms with van der Waals surface area (Å²) in [5.74, 6) is 4.15. The monoisotopic (exact) mass is 387 g/mol. The minimum atomic E-state index is -2.83. The predicted octanol–water partition coefficient (Wildman–Crippen LogP) is 0.839. The number of ether oxygens (including phenoxy) is 1. The van der Waals surface area contributed by atoms with Crippen molar-refractivity contribution in [1.82, 2.24) is 10.2 Å². The predicted molar refractivity (Wildman–Crippen MR) is 102 cm³/mol. The summed E-state index contributed by atoms with van der Waals surface area (Å²) in [4.78, 5) is 7.24. The largest absolute Gasteiger partial charge is 0.374 e. The van der Waals surface area contributed by atoms with Gasteiger partial charge in [-0.3, -0.25) is 4.99 Å². The zero-order valence-electron chi connectivity index (χ0n) is 14.9. The summed E-state index contributed by atoms with van der Waals surface area (Å²) >= 11 is 1.82. The fraction of sp³-hybridized carbons (Fsp3) is 0.941. The maximum atomic E-state index is 11.7. The molecule has 0 saturated carbocycles. The third kappa shape index (κ3) is 3.81. The highest BCUT2D eigenvalue weighted by atomic mass is 32.2. The van der Waals surface area contributed by atoms with Crippen molar-refractivity contribution in [1.29, 1.82) is 0 Å². The SMILES string of the molecule is CSCCNC(=NCC1CCS(=O)(=O)C1)N1CC2C3CCC(O3)C2C1. The molecule has 1 N–H and O–H groups in total. The van der Waals surface area contributed by atoms with Crippen LogP contribution in [0.5, 0.6) is 0 Å². The number of likely N-dealkylation sites (tertiary alicyclic amines) is 1. The number of hydrogen-bond acceptors (Lipinski definition) is 5. The van der Waals surface area contributed by atoms with Gasteiger partial charge in [0, 0.05) is 43.8 Å². The first kappa shape index (κ1) is 17.9. The maximum absolute atomic E-state index is 11.7. The van der Waals surface area contributed by atoms with Crippen molar-refractivity contribution in [3.8, 4) is 0 Å². The van der Waals surface area contributed by atoms with Crippen LogP contribution < -0.4 is 5.32 Å². The lowest BCUT2D eigenvalue weighted by atomic mass is 9.82. The van der Waals surface area contributed by atoms with Crippen molar-refractivity contribution < 1.29 is 13.2 Å². The lowest BCUT2D eigenvalue weighted by Gasteiger charge is -2.24. The molecule has 0 aromatic heterocycles. The van der Waals surface area contributed by atoms with E-state index in [4.69, 9.17) is 9.73 Å². The number of sulfone groups is 1. The first-order valence-corrected chi connectivity index (χ1v) is 12.7. The summed E-state index contributed by atoms with van der Waals surface area (Å²) in [7, 11) is -2.83. The van der Waals surface area contributed by atoms with Crippen molar-refractivity contribution >= 4 is 27.6 Å². The number of hydrogen-bond donors (Lipinski definition) is 1. The van der Waals surface area contributed by atoms with E-state index in [0.29, 0.717) is 42.1 Å². The molecule has 2 bridgehead atoms. The van der Waals surface area contributed by atoms with Crippen LogP contribution in [0.2, 0.25) is 0 Å². The zero-order valence-corrected chi connectivity index (χ0v) is 16.5. The Hall–Kier alpha value is -0.470. The molecule has 5 unspecified atom stereocenters. The Morgan fingerprint density at radius 1 is 1.24 bits per heavy atom. The molecule has 6 nitrogen and oxygen atoms in total. The fourth-order valence-corrected chi connectivity index (χ4v) is 7.05. The summed E-state index contributed by atoms with van der Waals surface area (Å²) in [5, 5.41) is 3.51. The van der Waals surface area contributed by atoms with E-state index in [0.717, 1.165) is 37.8 Å². The van der Waals surface area contributed by atoms with E-state index in [2.05, 4.69) is 16.5 Å². The van der Waals surface area contributed by atoms with E-state index in [1.807, 2.05) is 11.8 Å². The molecule has 0 radical (unpaired) electrons. The molecule has 4 fully saturated rings. The molecular formula is C17H29N3O3S2. The molecule has 142 valence electrons. The molecule has 4 aliphatic rings. The minimum Gasteiger partial charge on any atom is -0.374 e. The normalized spacial score (nSPS) is 39.2. The molecule has 25 heavy (non-hydrogen) atoms. The Morgan fingerprint density at radius 2 is 1.96 bits per heavy atom. The number of thioether (sulfide) groups is 1. The van der Waals surface area contributed by atoms with Crippen molar-refractivity contribution in [2.75, 3.05) is 49.7 Å². The second-order valence-electron chi connectivity index (χ2n) is 7.88. The van der Waals surface area contributed by atoms with Gasteiger partial charge in [-0.15, -0.1) is 0 Å². The van der Waals surface area contributed by atoms with Gasteiger partial charge in [0.05, 0.1) is 23.7 Å². The molecule has 5 atom stereocenters. The van der Waals surface area contributed by atoms with Crippen LogP contribution in [0.3, 0.4) is 0 Å². The van der Waals surface area contributed by atoms with Crippen molar-refractivity contribution in [2.45, 2.75) is 31.5 Å². The summed E-state index contributed by atoms with van der Waals surface area (Å²) in [6, 6.07) is 0. The van der Waals surface area contributed by atoms with Crippen molar-refractivity contribution in [3.05, 3.63) is 0 Å². The third-order valence-electron chi connectivity index (χ3n) is 6.17. The van der Waals surface area contributed by atoms with E-state index in [1.54, 1.807) is 0 Å². The summed E-state index contributed by atoms with van der Waals surface area (Å²) < 4.78 is 29.4. The van der Waals surface area contributed by atoms with Gasteiger partial charge in [-0.25, -0.2) is 8.42 Å². The molecule has 4 rings (SSSR count). The third-order valence-corrected chi connectivity index (χ3v) is 8.62. The molecule has 4 saturated heterocycles. The fourth-order valence-electron chi connectivity index (χ4n) is 4.90. The van der Waals surface area contributed by atoms with Gasteiger partial charge in [-0.1, -0.05) is 0 Å². The Morgan fingerprint density at radius 3 is 2.56 bits per heavy atom. The Labute approximate surface area is 155 Å². The quantitative estimate of drug-likeness (QED) is 0.428. The molecule has 0 spiro atoms. The smallest absolute Gasteiger partial charge is 0.193 e. The van der Waals surface area contributed by atoms with E-state index >= 15 is 0 Å². The molecule has 0 aromatic carbocycles. The second-order valence-corrected chi connectivity index (χ2v) is 11.1. The number of guanidine groups is 1. The summed E-state index contributed by atoms with van der Waals surface area (Å²) in [6.45, 7) is 3.58. The standard InChI is InChI=1S/C17H29N3O3S2/c1-24-6-5-18-17(19-8-12-4-7-25(21,22)11-12)20-9-13-14(10-20)16-3-2-15(13)23-16/h12-16H,2-11H2,1H3,(H,18,19). The van der Waals surface area contributed by atoms with Crippen LogP contribution in [0.1, 0.15) is 19.3 Å². The van der Waals surface area contributed by atoms with Crippen LogP contribution in [0.15, 0.2) is 4.99 Å². The Kier molecular flexibility index (Phi) is 5.21. The second kappa shape index (κ2) is 7.27. The van der Waals surface area contributed by atoms with Gasteiger partial charge in [0.15, 0.2) is 15.8 Å². The highest BCUT2D eigenvalue weighted by Gasteiger charge is 2.53. The van der Waals surface area contributed by atoms with E-state index in [1.165, 1.54) is 12.8 Å². The number of nitrogens with one attached hydrogen (secondary N) is 1. The topological polar surface area (TPSA) is 71.0 Å². The van der Waals surface area contributed by atoms with E-state index in [9.17, 15) is 8.42 Å². The molecule has 0 aromatic rings. The summed E-state index contributed by atoms with van der Waals surface area (Å²) in [6.07, 6.45) is 6.20. The van der Waals surface area contributed by atoms with Gasteiger partial charge in [0.25, 0.3) is 0 Å². The lowest BCUT2D eigenvalue weighted by Crippen LogP contribution is -2.42. The van der Waals surface area contributed by atoms with E-state index < -0.39 is 9.84 Å². The number of nitrogens with zero attached hydrogens (tertiary/aromatic N) is 2. The van der Waals surface area contributed by atoms with Gasteiger partial charge < -0.3 is 15.0 Å². The van der Waals surface area contributed by atoms with Crippen LogP contribution in [0.25, 0.3) is 0 Å². The Balaban J connectivity index is 1.40. The first-order valence-electron chi connectivity index (χ1n) is 9.44. The van der Waals surface area contributed by atoms with Gasteiger partial charge in [0.2, 0.25) is 0 Å². The lowest BCUT2D eigenvalue weighted by molar-refractivity contribution is 0.0767. The zero-order chi connectivity index (χ0) is 17.4. The van der Waals surface area contributed by atoms with Crippen LogP contribution in [0, 0.1) is 17.8 Å². The number of aliphatic imine (C=N–C) groups is 1. The minimum absolute atomic E-state index is 0.184. The van der Waals surface area contributed by atoms with Crippen LogP contribution in [0.4, 0.5) is 0 Å². The Bertz CT molecular complexity index is 607. The number of fused-ring (bicyclic) bond motifs is 5. The van der Waals surface area contributed by atoms with Crippen LogP contribution in [-0.2, 0) is 14.6 Å². The molecule has 0 amide bonds. The maximum Gasteiger partial charge on any atom is 0.193 e. The van der Waals surface area contributed by atoms with Gasteiger partial charge >= 0.3 is 0 Å². The average molecular weight is 388 g/mol. The van der Waals surface area contributed by atoms with Crippen LogP contribution >= 0.6 is 11.8 Å². The molecule has 4 heterocycles. The van der Waals surface area contributed by atoms with Crippen molar-refractivity contribution in [3.63, 3.8) is 0 Å². The molecular weight excluding hydrogens is 358 g/mol. The highest BCUT2D eigenvalue weighted by molar-refractivity contribution is 7.98. The molecule has 8 heteroatoms. The van der Waals surface area contributed by atoms with Gasteiger partial charge in [-0.2, -0.15) is 11.8 Å². The number of rotatable bonds is 5. The summed E-state index contributed by atoms with van der Waals surface area (Å²) in [5.41, 5.74) is 0. The van der Waals surface area contributed by atoms with Crippen molar-refractivity contribution in [2.24, 2.45) is 22.7 Å².